The van der Waals surface area contributed by atoms with E-state index in [4.69, 9.17) is 5.11 Å². The number of H-pyrrole nitrogens is 1. The van der Waals surface area contributed by atoms with Crippen LogP contribution in [0.4, 0.5) is 0 Å². The van der Waals surface area contributed by atoms with E-state index in [1.165, 1.54) is 12.3 Å². The largest absolute Gasteiger partial charge is 0.390 e. The average molecular weight is 244 g/mol. The molecule has 5 nitrogen and oxygen atoms in total. The van der Waals surface area contributed by atoms with Crippen molar-refractivity contribution < 1.29 is 13.5 Å². The molecule has 0 saturated heterocycles. The lowest BCUT2D eigenvalue weighted by Gasteiger charge is -2.03. The van der Waals surface area contributed by atoms with Gasteiger partial charge < -0.3 is 10.1 Å². The molecule has 1 fully saturated rings. The van der Waals surface area contributed by atoms with Crippen molar-refractivity contribution in [2.45, 2.75) is 24.8 Å². The number of sulfonamides is 1. The summed E-state index contributed by atoms with van der Waals surface area (Å²) < 4.78 is 26.2. The first-order valence-electron chi connectivity index (χ1n) is 5.31. The summed E-state index contributed by atoms with van der Waals surface area (Å²) in [6.45, 7) is 2.43. The van der Waals surface area contributed by atoms with E-state index in [0.717, 1.165) is 6.42 Å². The average Bonchev–Trinajstić information content (AvgIpc) is 2.78. The molecule has 0 spiro atoms. The molecule has 3 N–H and O–H groups in total. The van der Waals surface area contributed by atoms with Crippen LogP contribution in [0, 0.1) is 11.8 Å². The maximum absolute atomic E-state index is 11.8. The predicted molar refractivity (Wildman–Crippen MR) is 59.2 cm³/mol. The van der Waals surface area contributed by atoms with E-state index in [1.54, 1.807) is 0 Å². The molecular formula is C10H16N2O3S. The first-order chi connectivity index (χ1) is 7.53. The Morgan fingerprint density at radius 2 is 2.31 bits per heavy atom. The molecule has 0 aliphatic heterocycles. The summed E-state index contributed by atoms with van der Waals surface area (Å²) in [6, 6.07) is 1.44. The van der Waals surface area contributed by atoms with Crippen LogP contribution in [0.1, 0.15) is 19.0 Å². The van der Waals surface area contributed by atoms with Gasteiger partial charge in [0.25, 0.3) is 0 Å². The highest BCUT2D eigenvalue weighted by molar-refractivity contribution is 7.89. The molecule has 2 unspecified atom stereocenters. The highest BCUT2D eigenvalue weighted by atomic mass is 32.2. The highest BCUT2D eigenvalue weighted by Gasteiger charge is 2.33. The van der Waals surface area contributed by atoms with Crippen LogP contribution in [0.15, 0.2) is 17.2 Å². The van der Waals surface area contributed by atoms with E-state index < -0.39 is 10.0 Å². The van der Waals surface area contributed by atoms with Crippen molar-refractivity contribution in [3.05, 3.63) is 18.0 Å². The molecule has 0 aromatic carbocycles. The number of nitrogens with one attached hydrogen (secondary N) is 2. The van der Waals surface area contributed by atoms with Gasteiger partial charge in [0.05, 0.1) is 11.5 Å². The van der Waals surface area contributed by atoms with E-state index >= 15 is 0 Å². The molecule has 90 valence electrons. The van der Waals surface area contributed by atoms with Gasteiger partial charge in [-0.15, -0.1) is 0 Å². The van der Waals surface area contributed by atoms with Crippen molar-refractivity contribution in [3.63, 3.8) is 0 Å². The van der Waals surface area contributed by atoms with Gasteiger partial charge in [-0.05, 0) is 24.3 Å². The maximum Gasteiger partial charge on any atom is 0.242 e. The molecule has 0 bridgehead atoms. The van der Waals surface area contributed by atoms with Crippen LogP contribution in [0.3, 0.4) is 0 Å². The number of aromatic nitrogens is 1. The second kappa shape index (κ2) is 4.20. The predicted octanol–water partition coefficient (Wildman–Crippen LogP) is 0.441. The van der Waals surface area contributed by atoms with Crippen molar-refractivity contribution >= 4 is 10.0 Å². The molecule has 1 aromatic heterocycles. The Morgan fingerprint density at radius 3 is 2.81 bits per heavy atom. The SMILES string of the molecule is CC1CC1CNS(=O)(=O)c1c[nH]c(CO)c1. The van der Waals surface area contributed by atoms with Crippen LogP contribution < -0.4 is 4.72 Å². The van der Waals surface area contributed by atoms with Gasteiger partial charge in [0, 0.05) is 18.4 Å². The summed E-state index contributed by atoms with van der Waals surface area (Å²) >= 11 is 0. The summed E-state index contributed by atoms with van der Waals surface area (Å²) in [4.78, 5) is 2.89. The normalized spacial score (nSPS) is 24.6. The Morgan fingerprint density at radius 1 is 1.62 bits per heavy atom. The number of aromatic amines is 1. The monoisotopic (exact) mass is 244 g/mol. The lowest BCUT2D eigenvalue weighted by Crippen LogP contribution is -2.25. The van der Waals surface area contributed by atoms with Gasteiger partial charge >= 0.3 is 0 Å². The minimum atomic E-state index is -3.42. The van der Waals surface area contributed by atoms with E-state index in [0.29, 0.717) is 24.1 Å². The second-order valence-corrected chi connectivity index (χ2v) is 6.11. The third kappa shape index (κ3) is 2.45. The quantitative estimate of drug-likeness (QED) is 0.703. The molecule has 1 saturated carbocycles. The Balaban J connectivity index is 2.00. The van der Waals surface area contributed by atoms with Crippen molar-refractivity contribution in [1.29, 1.82) is 0 Å². The van der Waals surface area contributed by atoms with Crippen LogP contribution in [0.25, 0.3) is 0 Å². The topological polar surface area (TPSA) is 82.2 Å². The van der Waals surface area contributed by atoms with Crippen molar-refractivity contribution in [2.24, 2.45) is 11.8 Å². The first-order valence-corrected chi connectivity index (χ1v) is 6.79. The molecule has 2 atom stereocenters. The Bertz CT molecular complexity index is 466. The summed E-state index contributed by atoms with van der Waals surface area (Å²) in [6.07, 6.45) is 2.49. The van der Waals surface area contributed by atoms with Gasteiger partial charge in [-0.3, -0.25) is 0 Å². The first kappa shape index (κ1) is 11.6. The van der Waals surface area contributed by atoms with E-state index in [1.807, 2.05) is 0 Å². The van der Waals surface area contributed by atoms with Gasteiger partial charge in [-0.25, -0.2) is 13.1 Å². The summed E-state index contributed by atoms with van der Waals surface area (Å²) in [5.74, 6) is 1.10. The molecule has 6 heteroatoms. The molecular weight excluding hydrogens is 228 g/mol. The number of hydrogen-bond acceptors (Lipinski definition) is 3. The van der Waals surface area contributed by atoms with Gasteiger partial charge in [-0.1, -0.05) is 6.92 Å². The van der Waals surface area contributed by atoms with Crippen LogP contribution in [0.5, 0.6) is 0 Å². The number of aliphatic hydroxyl groups excluding tert-OH is 1. The Hall–Kier alpha value is -0.850. The smallest absolute Gasteiger partial charge is 0.242 e. The maximum atomic E-state index is 11.8. The van der Waals surface area contributed by atoms with Crippen molar-refractivity contribution in [1.82, 2.24) is 9.71 Å². The molecule has 2 rings (SSSR count). The zero-order valence-electron chi connectivity index (χ0n) is 9.10. The highest BCUT2D eigenvalue weighted by Crippen LogP contribution is 2.37. The third-order valence-electron chi connectivity index (χ3n) is 3.01. The van der Waals surface area contributed by atoms with Gasteiger partial charge in [0.2, 0.25) is 10.0 Å². The van der Waals surface area contributed by atoms with E-state index in [-0.39, 0.29) is 11.5 Å². The van der Waals surface area contributed by atoms with Crippen molar-refractivity contribution in [2.75, 3.05) is 6.54 Å². The lowest BCUT2D eigenvalue weighted by atomic mass is 10.3. The number of rotatable bonds is 5. The second-order valence-electron chi connectivity index (χ2n) is 4.34. The fraction of sp³-hybridized carbons (Fsp3) is 0.600. The number of aliphatic hydroxyl groups is 1. The fourth-order valence-electron chi connectivity index (χ4n) is 1.65. The third-order valence-corrected chi connectivity index (χ3v) is 4.41. The van der Waals surface area contributed by atoms with Crippen LogP contribution in [-0.2, 0) is 16.6 Å². The summed E-state index contributed by atoms with van der Waals surface area (Å²) in [7, 11) is -3.42. The molecule has 16 heavy (non-hydrogen) atoms. The molecule has 0 amide bonds. The van der Waals surface area contributed by atoms with E-state index in [2.05, 4.69) is 16.6 Å². The molecule has 1 aliphatic carbocycles. The Labute approximate surface area is 94.9 Å². The van der Waals surface area contributed by atoms with Gasteiger partial charge in [0.15, 0.2) is 0 Å². The minimum absolute atomic E-state index is 0.185. The summed E-state index contributed by atoms with van der Waals surface area (Å²) in [5, 5.41) is 8.83. The van der Waals surface area contributed by atoms with Crippen LogP contribution in [-0.4, -0.2) is 25.1 Å². The minimum Gasteiger partial charge on any atom is -0.390 e. The van der Waals surface area contributed by atoms with Crippen LogP contribution >= 0.6 is 0 Å². The molecule has 1 aliphatic rings. The zero-order valence-corrected chi connectivity index (χ0v) is 9.92. The van der Waals surface area contributed by atoms with Gasteiger partial charge in [-0.2, -0.15) is 0 Å². The van der Waals surface area contributed by atoms with E-state index in [9.17, 15) is 8.42 Å². The lowest BCUT2D eigenvalue weighted by molar-refractivity contribution is 0.277. The fourth-order valence-corrected chi connectivity index (χ4v) is 2.76. The standard InChI is InChI=1S/C10H16N2O3S/c1-7-2-8(7)4-12-16(14,15)10-3-9(6-13)11-5-10/h3,5,7-8,11-13H,2,4,6H2,1H3. The molecule has 1 heterocycles. The number of hydrogen-bond donors (Lipinski definition) is 3. The Kier molecular flexibility index (Phi) is 3.05. The van der Waals surface area contributed by atoms with Gasteiger partial charge in [0.1, 0.15) is 0 Å². The van der Waals surface area contributed by atoms with Crippen LogP contribution in [0.2, 0.25) is 0 Å². The zero-order chi connectivity index (χ0) is 11.8. The molecule has 0 radical (unpaired) electrons. The van der Waals surface area contributed by atoms with Crippen molar-refractivity contribution in [3.8, 4) is 0 Å². The molecule has 1 aromatic rings. The summed E-state index contributed by atoms with van der Waals surface area (Å²) in [5.41, 5.74) is 0.500.